The molecule has 1 N–H and O–H groups in total. The molecule has 0 amide bonds. The molecule has 2 heterocycles. The summed E-state index contributed by atoms with van der Waals surface area (Å²) in [5.74, 6) is 0. The molecule has 0 aromatic heterocycles. The second-order valence-corrected chi connectivity index (χ2v) is 6.84. The van der Waals surface area contributed by atoms with E-state index in [4.69, 9.17) is 0 Å². The third-order valence-electron chi connectivity index (χ3n) is 5.28. The van der Waals surface area contributed by atoms with Crippen molar-refractivity contribution in [1.82, 2.24) is 15.1 Å². The van der Waals surface area contributed by atoms with Crippen LogP contribution in [0.4, 0.5) is 0 Å². The smallest absolute Gasteiger partial charge is 0.0280 e. The highest BCUT2D eigenvalue weighted by molar-refractivity contribution is 4.93. The zero-order valence-corrected chi connectivity index (χ0v) is 12.0. The van der Waals surface area contributed by atoms with E-state index in [1.165, 1.54) is 77.8 Å². The van der Waals surface area contributed by atoms with E-state index in [1.807, 2.05) is 0 Å². The van der Waals surface area contributed by atoms with Crippen molar-refractivity contribution in [3.8, 4) is 0 Å². The van der Waals surface area contributed by atoms with Gasteiger partial charge >= 0.3 is 0 Å². The molecule has 104 valence electrons. The molecule has 3 rings (SSSR count). The van der Waals surface area contributed by atoms with Crippen molar-refractivity contribution in [3.05, 3.63) is 0 Å². The Labute approximate surface area is 112 Å². The predicted octanol–water partition coefficient (Wildman–Crippen LogP) is 1.69. The zero-order valence-electron chi connectivity index (χ0n) is 12.0. The van der Waals surface area contributed by atoms with Crippen molar-refractivity contribution in [3.63, 3.8) is 0 Å². The molecule has 2 aliphatic heterocycles. The van der Waals surface area contributed by atoms with Gasteiger partial charge in [-0.2, -0.15) is 0 Å². The molecule has 1 atom stereocenters. The number of hydrogen-bond acceptors (Lipinski definition) is 3. The molecule has 1 saturated carbocycles. The number of nitrogens with zero attached hydrogens (tertiary/aromatic N) is 2. The molecule has 2 saturated heterocycles. The second kappa shape index (κ2) is 5.48. The summed E-state index contributed by atoms with van der Waals surface area (Å²) in [6, 6.07) is 0.923. The highest BCUT2D eigenvalue weighted by Crippen LogP contribution is 2.25. The number of hydrogen-bond donors (Lipinski definition) is 1. The van der Waals surface area contributed by atoms with Crippen LogP contribution in [-0.2, 0) is 0 Å². The molecule has 0 radical (unpaired) electrons. The van der Waals surface area contributed by atoms with E-state index in [0.717, 1.165) is 6.04 Å². The SMILES string of the molecule is CC1(CN2CCN(C3CCCC3)CC2)CCCN1. The van der Waals surface area contributed by atoms with E-state index in [2.05, 4.69) is 22.0 Å². The summed E-state index contributed by atoms with van der Waals surface area (Å²) in [6.45, 7) is 10.1. The molecule has 3 heteroatoms. The molecule has 1 aliphatic carbocycles. The van der Waals surface area contributed by atoms with Gasteiger partial charge in [0.1, 0.15) is 0 Å². The summed E-state index contributed by atoms with van der Waals surface area (Å²) in [5.41, 5.74) is 0.398. The molecule has 18 heavy (non-hydrogen) atoms. The highest BCUT2D eigenvalue weighted by atomic mass is 15.3. The predicted molar refractivity (Wildman–Crippen MR) is 75.9 cm³/mol. The molecular formula is C15H29N3. The van der Waals surface area contributed by atoms with Gasteiger partial charge in [0.2, 0.25) is 0 Å². The van der Waals surface area contributed by atoms with Crippen molar-refractivity contribution in [2.75, 3.05) is 39.3 Å². The summed E-state index contributed by atoms with van der Waals surface area (Å²) in [7, 11) is 0. The van der Waals surface area contributed by atoms with Crippen molar-refractivity contribution in [2.24, 2.45) is 0 Å². The van der Waals surface area contributed by atoms with Gasteiger partial charge in [0, 0.05) is 44.3 Å². The lowest BCUT2D eigenvalue weighted by Gasteiger charge is -2.41. The van der Waals surface area contributed by atoms with E-state index < -0.39 is 0 Å². The molecule has 0 aromatic carbocycles. The summed E-state index contributed by atoms with van der Waals surface area (Å²) in [4.78, 5) is 5.44. The van der Waals surface area contributed by atoms with Crippen molar-refractivity contribution in [2.45, 2.75) is 57.0 Å². The van der Waals surface area contributed by atoms with Gasteiger partial charge in [-0.1, -0.05) is 12.8 Å². The number of nitrogens with one attached hydrogen (secondary N) is 1. The minimum atomic E-state index is 0.398. The molecule has 0 bridgehead atoms. The minimum Gasteiger partial charge on any atom is -0.310 e. The number of rotatable bonds is 3. The van der Waals surface area contributed by atoms with Gasteiger partial charge in [-0.25, -0.2) is 0 Å². The fourth-order valence-corrected chi connectivity index (χ4v) is 4.14. The Bertz CT molecular complexity index is 259. The highest BCUT2D eigenvalue weighted by Gasteiger charge is 2.32. The van der Waals surface area contributed by atoms with Crippen LogP contribution in [-0.4, -0.2) is 60.6 Å². The van der Waals surface area contributed by atoms with E-state index >= 15 is 0 Å². The fraction of sp³-hybridized carbons (Fsp3) is 1.00. The van der Waals surface area contributed by atoms with Crippen LogP contribution < -0.4 is 5.32 Å². The lowest BCUT2D eigenvalue weighted by molar-refractivity contribution is 0.0817. The van der Waals surface area contributed by atoms with E-state index in [0.29, 0.717) is 5.54 Å². The van der Waals surface area contributed by atoms with Crippen LogP contribution in [0.25, 0.3) is 0 Å². The van der Waals surface area contributed by atoms with Gasteiger partial charge < -0.3 is 5.32 Å². The Morgan fingerprint density at radius 2 is 1.78 bits per heavy atom. The number of piperazine rings is 1. The lowest BCUT2D eigenvalue weighted by atomic mass is 9.99. The fourth-order valence-electron chi connectivity index (χ4n) is 4.14. The van der Waals surface area contributed by atoms with Gasteiger partial charge in [-0.05, 0) is 39.2 Å². The largest absolute Gasteiger partial charge is 0.310 e. The van der Waals surface area contributed by atoms with Crippen LogP contribution in [0.1, 0.15) is 45.4 Å². The first-order chi connectivity index (χ1) is 8.75. The first-order valence-corrected chi connectivity index (χ1v) is 7.97. The van der Waals surface area contributed by atoms with Crippen LogP contribution in [0.2, 0.25) is 0 Å². The van der Waals surface area contributed by atoms with Crippen LogP contribution in [0.15, 0.2) is 0 Å². The monoisotopic (exact) mass is 251 g/mol. The maximum atomic E-state index is 3.69. The first-order valence-electron chi connectivity index (χ1n) is 7.97. The third-order valence-corrected chi connectivity index (χ3v) is 5.28. The van der Waals surface area contributed by atoms with Crippen molar-refractivity contribution < 1.29 is 0 Å². The van der Waals surface area contributed by atoms with Crippen LogP contribution in [0.5, 0.6) is 0 Å². The summed E-state index contributed by atoms with van der Waals surface area (Å²) in [5, 5.41) is 3.69. The zero-order chi connectivity index (χ0) is 12.4. The minimum absolute atomic E-state index is 0.398. The van der Waals surface area contributed by atoms with Crippen LogP contribution in [0.3, 0.4) is 0 Å². The maximum Gasteiger partial charge on any atom is 0.0280 e. The third kappa shape index (κ3) is 2.89. The molecule has 3 aliphatic rings. The standard InChI is InChI=1S/C15H29N3/c1-15(7-4-8-16-15)13-17-9-11-18(12-10-17)14-5-2-3-6-14/h14,16H,2-13H2,1H3. The Morgan fingerprint density at radius 3 is 2.39 bits per heavy atom. The molecule has 1 unspecified atom stereocenters. The second-order valence-electron chi connectivity index (χ2n) is 6.84. The average molecular weight is 251 g/mol. The Hall–Kier alpha value is -0.120. The van der Waals surface area contributed by atoms with E-state index in [-0.39, 0.29) is 0 Å². The quantitative estimate of drug-likeness (QED) is 0.823. The molecule has 0 aromatic rings. The van der Waals surface area contributed by atoms with Gasteiger partial charge in [0.25, 0.3) is 0 Å². The normalized spacial score (nSPS) is 36.5. The lowest BCUT2D eigenvalue weighted by Crippen LogP contribution is -2.55. The molecule has 3 nitrogen and oxygen atoms in total. The van der Waals surface area contributed by atoms with Crippen molar-refractivity contribution in [1.29, 1.82) is 0 Å². The topological polar surface area (TPSA) is 18.5 Å². The van der Waals surface area contributed by atoms with E-state index in [9.17, 15) is 0 Å². The van der Waals surface area contributed by atoms with Gasteiger partial charge in [0.15, 0.2) is 0 Å². The molecule has 3 fully saturated rings. The molecular weight excluding hydrogens is 222 g/mol. The van der Waals surface area contributed by atoms with E-state index in [1.54, 1.807) is 0 Å². The Balaban J connectivity index is 1.45. The van der Waals surface area contributed by atoms with Gasteiger partial charge in [-0.15, -0.1) is 0 Å². The van der Waals surface area contributed by atoms with Crippen LogP contribution in [0, 0.1) is 0 Å². The summed E-state index contributed by atoms with van der Waals surface area (Å²) < 4.78 is 0. The van der Waals surface area contributed by atoms with Crippen LogP contribution >= 0.6 is 0 Å². The summed E-state index contributed by atoms with van der Waals surface area (Å²) >= 11 is 0. The maximum absolute atomic E-state index is 3.69. The first kappa shape index (κ1) is 12.9. The Kier molecular flexibility index (Phi) is 3.92. The Morgan fingerprint density at radius 1 is 1.06 bits per heavy atom. The van der Waals surface area contributed by atoms with Crippen molar-refractivity contribution >= 4 is 0 Å². The average Bonchev–Trinajstić information content (AvgIpc) is 3.02. The van der Waals surface area contributed by atoms with Gasteiger partial charge in [-0.3, -0.25) is 9.80 Å². The molecule has 0 spiro atoms. The van der Waals surface area contributed by atoms with Gasteiger partial charge in [0.05, 0.1) is 0 Å². The summed E-state index contributed by atoms with van der Waals surface area (Å²) in [6.07, 6.45) is 8.56.